The summed E-state index contributed by atoms with van der Waals surface area (Å²) in [6.07, 6.45) is 0.141. The molecule has 0 aromatic rings. The topological polar surface area (TPSA) is 66.8 Å². The number of halogens is 2. The number of rotatable bonds is 2. The fourth-order valence-electron chi connectivity index (χ4n) is 3.03. The predicted molar refractivity (Wildman–Crippen MR) is 70.2 cm³/mol. The maximum Gasteiger partial charge on any atom is 0.410 e. The van der Waals surface area contributed by atoms with Crippen molar-refractivity contribution in [2.75, 3.05) is 6.54 Å². The molecule has 2 rings (SSSR count). The summed E-state index contributed by atoms with van der Waals surface area (Å²) in [5.41, 5.74) is -2.90. The van der Waals surface area contributed by atoms with Gasteiger partial charge in [-0.2, -0.15) is 0 Å². The van der Waals surface area contributed by atoms with Gasteiger partial charge in [-0.1, -0.05) is 0 Å². The number of aliphatic carboxylic acids is 1. The first-order chi connectivity index (χ1) is 9.51. The molecule has 1 aliphatic heterocycles. The van der Waals surface area contributed by atoms with Gasteiger partial charge in [0.2, 0.25) is 0 Å². The Morgan fingerprint density at radius 1 is 1.29 bits per heavy atom. The van der Waals surface area contributed by atoms with Crippen LogP contribution in [0.1, 0.15) is 46.5 Å². The van der Waals surface area contributed by atoms with Gasteiger partial charge in [0.1, 0.15) is 5.60 Å². The van der Waals surface area contributed by atoms with Crippen LogP contribution in [0.5, 0.6) is 0 Å². The Morgan fingerprint density at radius 3 is 2.29 bits per heavy atom. The van der Waals surface area contributed by atoms with E-state index in [1.807, 2.05) is 0 Å². The van der Waals surface area contributed by atoms with Crippen LogP contribution in [-0.2, 0) is 9.53 Å². The zero-order valence-electron chi connectivity index (χ0n) is 12.5. The molecule has 0 spiro atoms. The van der Waals surface area contributed by atoms with Crippen molar-refractivity contribution in [2.24, 2.45) is 5.41 Å². The summed E-state index contributed by atoms with van der Waals surface area (Å²) < 4.78 is 32.6. The first-order valence-corrected chi connectivity index (χ1v) is 7.12. The number of likely N-dealkylation sites (tertiary alicyclic amines) is 1. The molecule has 120 valence electrons. The molecule has 2 aliphatic rings. The minimum absolute atomic E-state index is 0.255. The van der Waals surface area contributed by atoms with E-state index in [0.717, 1.165) is 0 Å². The van der Waals surface area contributed by atoms with E-state index in [4.69, 9.17) is 4.74 Å². The molecule has 1 saturated carbocycles. The predicted octanol–water partition coefficient (Wildman–Crippen LogP) is 2.89. The second kappa shape index (κ2) is 4.81. The maximum absolute atomic E-state index is 13.7. The molecule has 2 fully saturated rings. The Labute approximate surface area is 122 Å². The highest BCUT2D eigenvalue weighted by molar-refractivity contribution is 5.83. The number of nitrogens with zero attached hydrogens (tertiary/aromatic N) is 1. The Hall–Kier alpha value is -1.40. The number of carbonyl (C=O) groups is 2. The number of carbonyl (C=O) groups excluding carboxylic acids is 1. The largest absolute Gasteiger partial charge is 0.481 e. The van der Waals surface area contributed by atoms with Crippen molar-refractivity contribution < 1.29 is 28.2 Å². The Bertz CT molecular complexity index is 460. The quantitative estimate of drug-likeness (QED) is 0.852. The number of amides is 1. The van der Waals surface area contributed by atoms with E-state index in [0.29, 0.717) is 12.8 Å². The molecule has 1 aliphatic carbocycles. The molecule has 1 amide bonds. The smallest absolute Gasteiger partial charge is 0.410 e. The van der Waals surface area contributed by atoms with Gasteiger partial charge >= 0.3 is 12.1 Å². The second-order valence-electron chi connectivity index (χ2n) is 6.84. The highest BCUT2D eigenvalue weighted by Crippen LogP contribution is 2.65. The lowest BCUT2D eigenvalue weighted by Gasteiger charge is -2.39. The molecule has 21 heavy (non-hydrogen) atoms. The van der Waals surface area contributed by atoms with E-state index < -0.39 is 41.5 Å². The van der Waals surface area contributed by atoms with Crippen molar-refractivity contribution in [1.82, 2.24) is 4.90 Å². The van der Waals surface area contributed by atoms with E-state index in [-0.39, 0.29) is 13.0 Å². The van der Waals surface area contributed by atoms with Gasteiger partial charge < -0.3 is 14.7 Å². The number of carboxylic acid groups (broad SMARTS) is 1. The van der Waals surface area contributed by atoms with Crippen molar-refractivity contribution in [2.45, 2.75) is 64.0 Å². The fourth-order valence-corrected chi connectivity index (χ4v) is 3.03. The van der Waals surface area contributed by atoms with Gasteiger partial charge in [-0.05, 0) is 40.0 Å². The van der Waals surface area contributed by atoms with Crippen LogP contribution in [0.25, 0.3) is 0 Å². The van der Waals surface area contributed by atoms with Gasteiger partial charge in [0.05, 0.1) is 6.04 Å². The van der Waals surface area contributed by atoms with E-state index in [1.165, 1.54) is 4.90 Å². The van der Waals surface area contributed by atoms with Crippen molar-refractivity contribution in [3.8, 4) is 0 Å². The van der Waals surface area contributed by atoms with Crippen LogP contribution in [-0.4, -0.2) is 46.2 Å². The van der Waals surface area contributed by atoms with Gasteiger partial charge in [0, 0.05) is 13.0 Å². The molecule has 2 unspecified atom stereocenters. The van der Waals surface area contributed by atoms with E-state index >= 15 is 0 Å². The Morgan fingerprint density at radius 2 is 1.86 bits per heavy atom. The van der Waals surface area contributed by atoms with Gasteiger partial charge in [0.25, 0.3) is 5.92 Å². The van der Waals surface area contributed by atoms with E-state index in [1.54, 1.807) is 20.8 Å². The van der Waals surface area contributed by atoms with E-state index in [2.05, 4.69) is 0 Å². The lowest BCUT2D eigenvalue weighted by molar-refractivity contribution is -0.152. The molecular formula is C14H21F2NO4. The monoisotopic (exact) mass is 305 g/mol. The number of piperidine rings is 1. The van der Waals surface area contributed by atoms with Crippen molar-refractivity contribution in [1.29, 1.82) is 0 Å². The molecule has 1 N–H and O–H groups in total. The molecule has 1 heterocycles. The summed E-state index contributed by atoms with van der Waals surface area (Å²) in [7, 11) is 0. The molecule has 1 saturated heterocycles. The van der Waals surface area contributed by atoms with Crippen molar-refractivity contribution in [3.05, 3.63) is 0 Å². The lowest BCUT2D eigenvalue weighted by atomic mass is 9.87. The third-order valence-corrected chi connectivity index (χ3v) is 4.11. The van der Waals surface area contributed by atoms with Crippen LogP contribution >= 0.6 is 0 Å². The van der Waals surface area contributed by atoms with Gasteiger partial charge in [-0.15, -0.1) is 0 Å². The van der Waals surface area contributed by atoms with Crippen LogP contribution < -0.4 is 0 Å². The molecule has 5 nitrogen and oxygen atoms in total. The van der Waals surface area contributed by atoms with Gasteiger partial charge in [-0.25, -0.2) is 13.6 Å². The minimum Gasteiger partial charge on any atom is -0.481 e. The SMILES string of the molecule is CC(C)(C)OC(=O)N1CCCCC1C1(C(=O)O)CC1(F)F. The standard InChI is InChI=1S/C14H21F2NO4/c1-12(2,3)21-11(20)17-7-5-4-6-9(17)13(10(18)19)8-14(13,15)16/h9H,4-8H2,1-3H3,(H,18,19). The van der Waals surface area contributed by atoms with Crippen LogP contribution in [0, 0.1) is 5.41 Å². The molecule has 0 radical (unpaired) electrons. The summed E-state index contributed by atoms with van der Waals surface area (Å²) in [5.74, 6) is -4.80. The van der Waals surface area contributed by atoms with E-state index in [9.17, 15) is 23.5 Å². The van der Waals surface area contributed by atoms with Crippen LogP contribution in [0.4, 0.5) is 13.6 Å². The zero-order valence-corrected chi connectivity index (χ0v) is 12.5. The summed E-state index contributed by atoms with van der Waals surface area (Å²) in [6, 6.07) is -1.01. The van der Waals surface area contributed by atoms with Crippen LogP contribution in [0.2, 0.25) is 0 Å². The maximum atomic E-state index is 13.7. The van der Waals surface area contributed by atoms with Crippen molar-refractivity contribution in [3.63, 3.8) is 0 Å². The van der Waals surface area contributed by atoms with Gasteiger partial charge in [0.15, 0.2) is 5.41 Å². The number of hydrogen-bond acceptors (Lipinski definition) is 3. The third kappa shape index (κ3) is 2.70. The molecule has 0 aromatic carbocycles. The third-order valence-electron chi connectivity index (χ3n) is 4.11. The molecule has 2 atom stereocenters. The average Bonchev–Trinajstić information content (AvgIpc) is 2.92. The number of ether oxygens (including phenoxy) is 1. The van der Waals surface area contributed by atoms with Crippen LogP contribution in [0.3, 0.4) is 0 Å². The lowest BCUT2D eigenvalue weighted by Crippen LogP contribution is -2.53. The second-order valence-corrected chi connectivity index (χ2v) is 6.84. The zero-order chi connectivity index (χ0) is 16.1. The summed E-state index contributed by atoms with van der Waals surface area (Å²) in [6.45, 7) is 5.30. The fraction of sp³-hybridized carbons (Fsp3) is 0.857. The minimum atomic E-state index is -3.26. The summed E-state index contributed by atoms with van der Waals surface area (Å²) >= 11 is 0. The molecule has 0 bridgehead atoms. The highest BCUT2D eigenvalue weighted by Gasteiger charge is 2.80. The Kier molecular flexibility index (Phi) is 3.66. The normalized spacial score (nSPS) is 31.7. The van der Waals surface area contributed by atoms with Gasteiger partial charge in [-0.3, -0.25) is 4.79 Å². The van der Waals surface area contributed by atoms with Crippen molar-refractivity contribution >= 4 is 12.1 Å². The molecule has 7 heteroatoms. The Balaban J connectivity index is 2.24. The summed E-state index contributed by atoms with van der Waals surface area (Å²) in [5, 5.41) is 9.26. The molecule has 0 aromatic heterocycles. The first-order valence-electron chi connectivity index (χ1n) is 7.12. The average molecular weight is 305 g/mol. The number of carboxylic acids is 1. The molecular weight excluding hydrogens is 284 g/mol. The van der Waals surface area contributed by atoms with Crippen LogP contribution in [0.15, 0.2) is 0 Å². The number of hydrogen-bond donors (Lipinski definition) is 1. The summed E-state index contributed by atoms with van der Waals surface area (Å²) in [4.78, 5) is 24.8. The highest BCUT2D eigenvalue weighted by atomic mass is 19.3. The first kappa shape index (κ1) is 16.0. The number of alkyl halides is 2.